The molecule has 1 rings (SSSR count). The second-order valence-corrected chi connectivity index (χ2v) is 20.5. The predicted molar refractivity (Wildman–Crippen MR) is 120 cm³/mol. The van der Waals surface area contributed by atoms with Gasteiger partial charge in [0, 0.05) is 13.1 Å². The molecule has 1 heterocycles. The normalized spacial score (nSPS) is 20.7. The summed E-state index contributed by atoms with van der Waals surface area (Å²) in [5, 5.41) is 9.15. The number of aliphatic carboxylic acids is 1. The molecule has 0 spiro atoms. The molecule has 1 unspecified atom stereocenters. The number of hydrogen-bond donors (Lipinski definition) is 2. The van der Waals surface area contributed by atoms with Gasteiger partial charge in [0.25, 0.3) is 0 Å². The summed E-state index contributed by atoms with van der Waals surface area (Å²) in [5.74, 6) is -0.856. The van der Waals surface area contributed by atoms with Gasteiger partial charge in [0.2, 0.25) is 0 Å². The molecule has 1 aliphatic rings. The molecule has 1 amide bonds. The third kappa shape index (κ3) is 14.4. The Balaban J connectivity index is 0. The standard InChI is InChI=1S/C12H21NO4.C6H19NSi2.K.H/c1-11(2,3)17-10(16)13-7-5-6-12(4,8-13)9(14)15;1-8(2,3)7-9(4,5)6;;/h5-8H2,1-4H3,(H,14,15);7H,1-6H3;;. The third-order valence-corrected chi connectivity index (χ3v) is 9.61. The Morgan fingerprint density at radius 2 is 1.52 bits per heavy atom. The van der Waals surface area contributed by atoms with Gasteiger partial charge in [0.05, 0.1) is 5.41 Å². The van der Waals surface area contributed by atoms with Gasteiger partial charge in [-0.2, -0.15) is 0 Å². The Kier molecular flexibility index (Phi) is 12.5. The average molecular weight is 445 g/mol. The molecular formula is C18H41KN2O4Si2. The van der Waals surface area contributed by atoms with Crippen LogP contribution in [0.15, 0.2) is 0 Å². The van der Waals surface area contributed by atoms with Crippen molar-refractivity contribution >= 4 is 79.9 Å². The van der Waals surface area contributed by atoms with Gasteiger partial charge < -0.3 is 19.4 Å². The molecule has 1 aliphatic heterocycles. The molecule has 0 aromatic carbocycles. The maximum atomic E-state index is 11.8. The third-order valence-electron chi connectivity index (χ3n) is 3.61. The molecule has 6 nitrogen and oxygen atoms in total. The predicted octanol–water partition coefficient (Wildman–Crippen LogP) is 3.71. The van der Waals surface area contributed by atoms with E-state index in [-0.39, 0.29) is 57.9 Å². The summed E-state index contributed by atoms with van der Waals surface area (Å²) in [6.45, 7) is 22.0. The van der Waals surface area contributed by atoms with Gasteiger partial charge in [-0.1, -0.05) is 39.3 Å². The molecule has 1 fully saturated rings. The van der Waals surface area contributed by atoms with Crippen LogP contribution < -0.4 is 4.65 Å². The number of hydrogen-bond acceptors (Lipinski definition) is 4. The van der Waals surface area contributed by atoms with Crippen LogP contribution in [0.25, 0.3) is 0 Å². The molecule has 9 heteroatoms. The van der Waals surface area contributed by atoms with Crippen LogP contribution in [0.4, 0.5) is 4.79 Å². The Hall–Kier alpha value is 0.770. The van der Waals surface area contributed by atoms with Crippen molar-refractivity contribution in [1.29, 1.82) is 0 Å². The number of carboxylic acid groups (broad SMARTS) is 1. The van der Waals surface area contributed by atoms with Gasteiger partial charge in [-0.15, -0.1) is 0 Å². The van der Waals surface area contributed by atoms with Crippen molar-refractivity contribution < 1.29 is 19.4 Å². The average Bonchev–Trinajstić information content (AvgIpc) is 2.32. The van der Waals surface area contributed by atoms with E-state index >= 15 is 0 Å². The molecular weight excluding hydrogens is 403 g/mol. The number of ether oxygens (including phenoxy) is 1. The fraction of sp³-hybridized carbons (Fsp3) is 0.889. The molecule has 0 aromatic heterocycles. The number of carbonyl (C=O) groups is 2. The van der Waals surface area contributed by atoms with E-state index in [0.29, 0.717) is 19.4 Å². The fourth-order valence-corrected chi connectivity index (χ4v) is 12.0. The Morgan fingerprint density at radius 1 is 1.07 bits per heavy atom. The molecule has 0 radical (unpaired) electrons. The van der Waals surface area contributed by atoms with E-state index in [1.807, 2.05) is 0 Å². The summed E-state index contributed by atoms with van der Waals surface area (Å²) in [6.07, 6.45) is 0.869. The van der Waals surface area contributed by atoms with E-state index in [0.717, 1.165) is 0 Å². The van der Waals surface area contributed by atoms with E-state index < -0.39 is 39.5 Å². The van der Waals surface area contributed by atoms with E-state index in [2.05, 4.69) is 43.9 Å². The van der Waals surface area contributed by atoms with Crippen molar-refractivity contribution in [2.75, 3.05) is 13.1 Å². The van der Waals surface area contributed by atoms with Gasteiger partial charge in [0.1, 0.15) is 22.1 Å². The monoisotopic (exact) mass is 444 g/mol. The van der Waals surface area contributed by atoms with Crippen LogP contribution in [0.5, 0.6) is 0 Å². The topological polar surface area (TPSA) is 78.9 Å². The molecule has 1 saturated heterocycles. The molecule has 0 saturated carbocycles. The van der Waals surface area contributed by atoms with Gasteiger partial charge in [-0.05, 0) is 40.5 Å². The maximum absolute atomic E-state index is 11.8. The molecule has 156 valence electrons. The second kappa shape index (κ2) is 11.2. The first-order chi connectivity index (χ1) is 11.3. The van der Waals surface area contributed by atoms with Gasteiger partial charge in [-0.3, -0.25) is 4.79 Å². The zero-order chi connectivity index (χ0) is 21.0. The zero-order valence-electron chi connectivity index (χ0n) is 18.4. The van der Waals surface area contributed by atoms with Crippen LogP contribution in [0, 0.1) is 5.41 Å². The first kappa shape index (κ1) is 30.0. The van der Waals surface area contributed by atoms with Crippen LogP contribution in [0.2, 0.25) is 39.3 Å². The number of carbonyl (C=O) groups excluding carboxylic acids is 1. The summed E-state index contributed by atoms with van der Waals surface area (Å²) < 4.78 is 8.98. The van der Waals surface area contributed by atoms with Crippen molar-refractivity contribution in [2.45, 2.75) is 85.4 Å². The van der Waals surface area contributed by atoms with Gasteiger partial charge >= 0.3 is 63.4 Å². The minimum absolute atomic E-state index is 0. The summed E-state index contributed by atoms with van der Waals surface area (Å²) >= 11 is 0. The molecule has 1 atom stereocenters. The van der Waals surface area contributed by atoms with E-state index in [4.69, 9.17) is 9.84 Å². The first-order valence-electron chi connectivity index (χ1n) is 9.35. The molecule has 0 aromatic rings. The van der Waals surface area contributed by atoms with E-state index in [1.54, 1.807) is 27.7 Å². The van der Waals surface area contributed by atoms with E-state index in [9.17, 15) is 9.59 Å². The van der Waals surface area contributed by atoms with Crippen molar-refractivity contribution in [1.82, 2.24) is 9.55 Å². The molecule has 27 heavy (non-hydrogen) atoms. The summed E-state index contributed by atoms with van der Waals surface area (Å²) in [7, 11) is -1.96. The summed E-state index contributed by atoms with van der Waals surface area (Å²) in [6, 6.07) is 0. The Labute approximate surface area is 210 Å². The van der Waals surface area contributed by atoms with Crippen LogP contribution >= 0.6 is 0 Å². The SMILES string of the molecule is CC(C)(C)OC(=O)N1CCCC(C)(C(=O)O)C1.C[Si](C)(C)N[Si](C)(C)C.[KH]. The van der Waals surface area contributed by atoms with Crippen LogP contribution in [0.3, 0.4) is 0 Å². The van der Waals surface area contributed by atoms with Crippen molar-refractivity contribution in [3.8, 4) is 0 Å². The van der Waals surface area contributed by atoms with Gasteiger partial charge in [0.15, 0.2) is 0 Å². The van der Waals surface area contributed by atoms with Gasteiger partial charge in [-0.25, -0.2) is 4.79 Å². The summed E-state index contributed by atoms with van der Waals surface area (Å²) in [4.78, 5) is 24.5. The van der Waals surface area contributed by atoms with Crippen molar-refractivity contribution in [2.24, 2.45) is 5.41 Å². The van der Waals surface area contributed by atoms with Crippen molar-refractivity contribution in [3.05, 3.63) is 0 Å². The Bertz CT molecular complexity index is 487. The number of amides is 1. The Morgan fingerprint density at radius 3 is 1.81 bits per heavy atom. The molecule has 0 aliphatic carbocycles. The first-order valence-corrected chi connectivity index (χ1v) is 16.4. The van der Waals surface area contributed by atoms with Crippen LogP contribution in [0.1, 0.15) is 40.5 Å². The van der Waals surface area contributed by atoms with Crippen LogP contribution in [-0.4, -0.2) is 109 Å². The van der Waals surface area contributed by atoms with Crippen molar-refractivity contribution in [3.63, 3.8) is 0 Å². The summed E-state index contributed by atoms with van der Waals surface area (Å²) in [5.41, 5.74) is -1.40. The number of carboxylic acids is 1. The molecule has 0 bridgehead atoms. The number of nitrogens with zero attached hydrogens (tertiary/aromatic N) is 1. The minimum atomic E-state index is -0.981. The number of likely N-dealkylation sites (tertiary alicyclic amines) is 1. The fourth-order valence-electron chi connectivity index (χ4n) is 3.02. The number of rotatable bonds is 3. The number of nitrogens with one attached hydrogen (secondary N) is 1. The quantitative estimate of drug-likeness (QED) is 0.649. The molecule has 2 N–H and O–H groups in total. The number of piperidine rings is 1. The van der Waals surface area contributed by atoms with E-state index in [1.165, 1.54) is 4.90 Å². The zero-order valence-corrected chi connectivity index (χ0v) is 20.4. The second-order valence-electron chi connectivity index (χ2n) is 10.5. The van der Waals surface area contributed by atoms with Crippen LogP contribution in [-0.2, 0) is 9.53 Å².